The molecule has 0 saturated heterocycles. The summed E-state index contributed by atoms with van der Waals surface area (Å²) in [6.07, 6.45) is 2.60. The van der Waals surface area contributed by atoms with Gasteiger partial charge in [-0.05, 0) is 30.0 Å². The van der Waals surface area contributed by atoms with E-state index in [9.17, 15) is 9.59 Å². The summed E-state index contributed by atoms with van der Waals surface area (Å²) in [5.41, 5.74) is 1.14. The Labute approximate surface area is 171 Å². The van der Waals surface area contributed by atoms with E-state index >= 15 is 0 Å². The van der Waals surface area contributed by atoms with E-state index in [0.29, 0.717) is 24.6 Å². The predicted molar refractivity (Wildman–Crippen MR) is 106 cm³/mol. The molecule has 0 aliphatic heterocycles. The van der Waals surface area contributed by atoms with Crippen LogP contribution in [0.4, 0.5) is 0 Å². The molecular formula is C21H29N3O5. The molecule has 1 aromatic carbocycles. The number of ether oxygens (including phenoxy) is 2. The van der Waals surface area contributed by atoms with E-state index in [1.165, 1.54) is 7.11 Å². The molecule has 158 valence electrons. The van der Waals surface area contributed by atoms with Gasteiger partial charge in [0.05, 0.1) is 14.2 Å². The van der Waals surface area contributed by atoms with E-state index in [-0.39, 0.29) is 18.2 Å². The fourth-order valence-corrected chi connectivity index (χ4v) is 2.80. The zero-order valence-electron chi connectivity index (χ0n) is 17.4. The van der Waals surface area contributed by atoms with Crippen LogP contribution < -0.4 is 10.1 Å². The fraction of sp³-hybridized carbons (Fsp3) is 0.524. The molecule has 0 unspecified atom stereocenters. The average molecular weight is 403 g/mol. The van der Waals surface area contributed by atoms with Gasteiger partial charge in [0.25, 0.3) is 0 Å². The number of aryl methyl sites for hydroxylation is 3. The Morgan fingerprint density at radius 2 is 1.72 bits per heavy atom. The lowest BCUT2D eigenvalue weighted by atomic mass is 9.99. The van der Waals surface area contributed by atoms with Crippen LogP contribution in [0.1, 0.15) is 44.0 Å². The molecule has 1 amide bonds. The first-order valence-electron chi connectivity index (χ1n) is 9.78. The van der Waals surface area contributed by atoms with Crippen molar-refractivity contribution in [2.24, 2.45) is 5.92 Å². The van der Waals surface area contributed by atoms with Gasteiger partial charge in [0.15, 0.2) is 0 Å². The first kappa shape index (κ1) is 22.4. The second kappa shape index (κ2) is 11.2. The quantitative estimate of drug-likeness (QED) is 0.575. The first-order valence-corrected chi connectivity index (χ1v) is 9.78. The van der Waals surface area contributed by atoms with Gasteiger partial charge in [0, 0.05) is 19.3 Å². The number of methoxy groups -OCH3 is 2. The molecule has 2 rings (SSSR count). The van der Waals surface area contributed by atoms with Crippen LogP contribution >= 0.6 is 0 Å². The van der Waals surface area contributed by atoms with Crippen molar-refractivity contribution in [1.29, 1.82) is 0 Å². The van der Waals surface area contributed by atoms with Crippen molar-refractivity contribution in [2.45, 2.75) is 52.0 Å². The number of carbonyl (C=O) groups excluding carboxylic acids is 2. The zero-order chi connectivity index (χ0) is 21.2. The van der Waals surface area contributed by atoms with Crippen LogP contribution in [0.5, 0.6) is 5.75 Å². The Morgan fingerprint density at radius 1 is 1.07 bits per heavy atom. The van der Waals surface area contributed by atoms with E-state index in [0.717, 1.165) is 24.2 Å². The number of nitrogens with one attached hydrogen (secondary N) is 1. The van der Waals surface area contributed by atoms with Gasteiger partial charge in [-0.2, -0.15) is 0 Å². The average Bonchev–Trinajstić information content (AvgIpc) is 3.21. The maximum atomic E-state index is 12.2. The van der Waals surface area contributed by atoms with E-state index in [4.69, 9.17) is 13.9 Å². The van der Waals surface area contributed by atoms with Crippen molar-refractivity contribution < 1.29 is 23.5 Å². The Kier molecular flexibility index (Phi) is 8.64. The molecule has 0 aliphatic rings. The molecule has 1 N–H and O–H groups in total. The molecular weight excluding hydrogens is 374 g/mol. The summed E-state index contributed by atoms with van der Waals surface area (Å²) in [4.78, 5) is 24.1. The van der Waals surface area contributed by atoms with Crippen LogP contribution in [0.25, 0.3) is 0 Å². The number of aromatic nitrogens is 2. The van der Waals surface area contributed by atoms with Gasteiger partial charge >= 0.3 is 5.97 Å². The minimum atomic E-state index is -0.653. The maximum absolute atomic E-state index is 12.2. The molecule has 0 radical (unpaired) electrons. The van der Waals surface area contributed by atoms with Crippen molar-refractivity contribution in [1.82, 2.24) is 15.5 Å². The molecule has 2 atom stereocenters. The van der Waals surface area contributed by atoms with Gasteiger partial charge in [-0.15, -0.1) is 10.2 Å². The Hall–Kier alpha value is -2.90. The lowest BCUT2D eigenvalue weighted by molar-refractivity contribution is -0.146. The molecule has 0 bridgehead atoms. The number of hydrogen-bond donors (Lipinski definition) is 1. The lowest BCUT2D eigenvalue weighted by Gasteiger charge is -2.21. The summed E-state index contributed by atoms with van der Waals surface area (Å²) in [6.45, 7) is 3.85. The van der Waals surface area contributed by atoms with E-state index in [1.807, 2.05) is 38.1 Å². The number of hydrogen-bond acceptors (Lipinski definition) is 7. The molecule has 29 heavy (non-hydrogen) atoms. The third-order valence-electron chi connectivity index (χ3n) is 4.85. The second-order valence-corrected chi connectivity index (χ2v) is 6.89. The third kappa shape index (κ3) is 6.89. The van der Waals surface area contributed by atoms with Crippen molar-refractivity contribution in [3.63, 3.8) is 0 Å². The van der Waals surface area contributed by atoms with Gasteiger partial charge in [-0.1, -0.05) is 32.4 Å². The number of esters is 1. The molecule has 1 heterocycles. The van der Waals surface area contributed by atoms with Crippen LogP contribution in [0, 0.1) is 5.92 Å². The molecule has 0 fully saturated rings. The van der Waals surface area contributed by atoms with Gasteiger partial charge in [-0.25, -0.2) is 4.79 Å². The largest absolute Gasteiger partial charge is 0.497 e. The van der Waals surface area contributed by atoms with Crippen molar-refractivity contribution in [3.05, 3.63) is 41.6 Å². The van der Waals surface area contributed by atoms with Gasteiger partial charge in [-0.3, -0.25) is 4.79 Å². The van der Waals surface area contributed by atoms with E-state index in [2.05, 4.69) is 15.5 Å². The highest BCUT2D eigenvalue weighted by molar-refractivity contribution is 5.84. The van der Waals surface area contributed by atoms with Crippen LogP contribution in [-0.2, 0) is 33.6 Å². The normalized spacial score (nSPS) is 12.8. The maximum Gasteiger partial charge on any atom is 0.328 e. The third-order valence-corrected chi connectivity index (χ3v) is 4.85. The second-order valence-electron chi connectivity index (χ2n) is 6.89. The Balaban J connectivity index is 1.81. The summed E-state index contributed by atoms with van der Waals surface area (Å²) in [5.74, 6) is 1.05. The highest BCUT2D eigenvalue weighted by atomic mass is 16.5. The van der Waals surface area contributed by atoms with Gasteiger partial charge in [0.2, 0.25) is 17.7 Å². The summed E-state index contributed by atoms with van der Waals surface area (Å²) < 4.78 is 15.5. The molecule has 1 aromatic heterocycles. The standard InChI is InChI=1S/C21H29N3O5/c1-5-14(2)20(21(26)28-4)22-17(25)11-13-19-24-23-18(29-19)12-8-15-6-9-16(27-3)10-7-15/h6-7,9-10,14,20H,5,8,11-13H2,1-4H3,(H,22,25)/t14-,20-/m0/s1. The lowest BCUT2D eigenvalue weighted by Crippen LogP contribution is -2.45. The topological polar surface area (TPSA) is 104 Å². The number of nitrogens with zero attached hydrogens (tertiary/aromatic N) is 2. The summed E-state index contributed by atoms with van der Waals surface area (Å²) in [5, 5.41) is 10.8. The fourth-order valence-electron chi connectivity index (χ4n) is 2.80. The van der Waals surface area contributed by atoms with Gasteiger partial charge in [0.1, 0.15) is 11.8 Å². The molecule has 8 heteroatoms. The minimum Gasteiger partial charge on any atom is -0.497 e. The summed E-state index contributed by atoms with van der Waals surface area (Å²) in [6, 6.07) is 7.16. The van der Waals surface area contributed by atoms with Crippen molar-refractivity contribution in [2.75, 3.05) is 14.2 Å². The van der Waals surface area contributed by atoms with E-state index < -0.39 is 12.0 Å². The van der Waals surface area contributed by atoms with Crippen LogP contribution in [0.15, 0.2) is 28.7 Å². The molecule has 0 spiro atoms. The summed E-state index contributed by atoms with van der Waals surface area (Å²) in [7, 11) is 2.95. The first-order chi connectivity index (χ1) is 14.0. The Morgan fingerprint density at radius 3 is 2.31 bits per heavy atom. The van der Waals surface area contributed by atoms with E-state index in [1.54, 1.807) is 7.11 Å². The highest BCUT2D eigenvalue weighted by Crippen LogP contribution is 2.14. The molecule has 8 nitrogen and oxygen atoms in total. The molecule has 0 aliphatic carbocycles. The van der Waals surface area contributed by atoms with Crippen LogP contribution in [0.2, 0.25) is 0 Å². The monoisotopic (exact) mass is 403 g/mol. The number of amides is 1. The van der Waals surface area contributed by atoms with Crippen LogP contribution in [0.3, 0.4) is 0 Å². The van der Waals surface area contributed by atoms with Crippen LogP contribution in [-0.4, -0.2) is 42.3 Å². The molecule has 2 aromatic rings. The highest BCUT2D eigenvalue weighted by Gasteiger charge is 2.26. The number of rotatable bonds is 11. The number of benzene rings is 1. The SMILES string of the molecule is CC[C@H](C)[C@H](NC(=O)CCc1nnc(CCc2ccc(OC)cc2)o1)C(=O)OC. The zero-order valence-corrected chi connectivity index (χ0v) is 17.4. The van der Waals surface area contributed by atoms with Gasteiger partial charge < -0.3 is 19.2 Å². The minimum absolute atomic E-state index is 0.0145. The smallest absolute Gasteiger partial charge is 0.328 e. The molecule has 0 saturated carbocycles. The van der Waals surface area contributed by atoms with Crippen molar-refractivity contribution >= 4 is 11.9 Å². The number of carbonyl (C=O) groups is 2. The summed E-state index contributed by atoms with van der Waals surface area (Å²) >= 11 is 0. The van der Waals surface area contributed by atoms with Crippen molar-refractivity contribution in [3.8, 4) is 5.75 Å². The Bertz CT molecular complexity index is 788. The predicted octanol–water partition coefficient (Wildman–Crippen LogP) is 2.50.